The van der Waals surface area contributed by atoms with E-state index in [-0.39, 0.29) is 79.1 Å². The smallest absolute Gasteiger partial charge is 0.759 e. The zero-order valence-electron chi connectivity index (χ0n) is 3.75. The van der Waals surface area contributed by atoms with Crippen LogP contribution in [-0.4, -0.2) is 17.5 Å². The van der Waals surface area contributed by atoms with E-state index in [0.29, 0.717) is 0 Å². The van der Waals surface area contributed by atoms with Crippen LogP contribution in [0.1, 0.15) is 0 Å². The van der Waals surface area contributed by atoms with Crippen molar-refractivity contribution >= 4 is 10.4 Å². The van der Waals surface area contributed by atoms with E-state index < -0.39 is 10.4 Å². The van der Waals surface area contributed by atoms with Gasteiger partial charge in [-0.15, -0.1) is 0 Å². The summed E-state index contributed by atoms with van der Waals surface area (Å²) in [7, 11) is -5.17. The molecule has 0 aromatic rings. The van der Waals surface area contributed by atoms with Crippen molar-refractivity contribution in [2.75, 3.05) is 0 Å². The Morgan fingerprint density at radius 1 is 1.14 bits per heavy atom. The zero-order valence-corrected chi connectivity index (χ0v) is 13.2. The van der Waals surface area contributed by atoms with Gasteiger partial charge in [-0.25, -0.2) is 0 Å². The van der Waals surface area contributed by atoms with Crippen LogP contribution in [0.15, 0.2) is 0 Å². The summed E-state index contributed by atoms with van der Waals surface area (Å²) in [6.07, 6.45) is 0. The summed E-state index contributed by atoms with van der Waals surface area (Å²) in [6.45, 7) is 0. The maximum Gasteiger partial charge on any atom is 1.00 e. The fourth-order valence-corrected chi connectivity index (χ4v) is 0. The van der Waals surface area contributed by atoms with Gasteiger partial charge in [0.15, 0.2) is 0 Å². The van der Waals surface area contributed by atoms with Gasteiger partial charge in [-0.2, -0.15) is 0 Å². The Morgan fingerprint density at radius 2 is 1.14 bits per heavy atom. The fraction of sp³-hybridized carbons (Fsp3) is 0. The molecule has 33 valence electrons. The summed E-state index contributed by atoms with van der Waals surface area (Å²) in [5.41, 5.74) is 0. The van der Waals surface area contributed by atoms with Crippen molar-refractivity contribution < 1.29 is 96.6 Å². The van der Waals surface area contributed by atoms with Gasteiger partial charge >= 0.3 is 79.1 Å². The second-order valence-corrected chi connectivity index (χ2v) is 1.22. The van der Waals surface area contributed by atoms with Gasteiger partial charge in [0, 0.05) is 10.4 Å². The molecule has 7 heavy (non-hydrogen) atoms. The summed E-state index contributed by atoms with van der Waals surface area (Å²) >= 11 is 0. The third kappa shape index (κ3) is 58.8. The van der Waals surface area contributed by atoms with E-state index in [1.165, 1.54) is 0 Å². The molecule has 0 aromatic carbocycles. The van der Waals surface area contributed by atoms with Crippen molar-refractivity contribution in [3.05, 3.63) is 0 Å². The minimum Gasteiger partial charge on any atom is -0.759 e. The molecule has 0 aromatic heterocycles. The minimum absolute atomic E-state index is 0. The first-order chi connectivity index (χ1) is 2.00. The van der Waals surface area contributed by atoms with Gasteiger partial charge in [-0.1, -0.05) is 0 Å². The molecule has 0 saturated carbocycles. The summed E-state index contributed by atoms with van der Waals surface area (Å²) in [4.78, 5) is 0. The van der Waals surface area contributed by atoms with E-state index in [1.54, 1.807) is 0 Å². The third-order valence-corrected chi connectivity index (χ3v) is 0. The third-order valence-electron chi connectivity index (χ3n) is 0. The average molecular weight is 336 g/mol. The van der Waals surface area contributed by atoms with Gasteiger partial charge < -0.3 is 9.11 Å². The Balaban J connectivity index is -0.0000000800. The average Bonchev–Trinajstić information content (AvgIpc) is 0.722. The monoisotopic (exact) mass is 337 g/mol. The molecular formula is HgKO4S. The molecular weight excluding hydrogens is 336 g/mol. The summed E-state index contributed by atoms with van der Waals surface area (Å²) in [6, 6.07) is 0. The SMILES string of the molecule is O=S(=O)([O-])[O-].[Hg+].[K+]. The topological polar surface area (TPSA) is 80.3 Å². The molecule has 0 aliphatic heterocycles. The Morgan fingerprint density at radius 3 is 1.14 bits per heavy atom. The molecule has 0 bridgehead atoms. The standard InChI is InChI=1S/Hg.K.H2O4S/c;;1-5(2,3)4/h;;(H2,1,2,3,4)/q2*+1;/p-2. The van der Waals surface area contributed by atoms with Crippen LogP contribution in [0.25, 0.3) is 0 Å². The van der Waals surface area contributed by atoms with Gasteiger partial charge in [0.05, 0.1) is 0 Å². The summed E-state index contributed by atoms with van der Waals surface area (Å²) in [5, 5.41) is 0. The molecule has 0 N–H and O–H groups in total. The van der Waals surface area contributed by atoms with Crippen LogP contribution < -0.4 is 51.4 Å². The first-order valence-electron chi connectivity index (χ1n) is 0.667. The van der Waals surface area contributed by atoms with Gasteiger partial charge in [0.25, 0.3) is 0 Å². The van der Waals surface area contributed by atoms with Gasteiger partial charge in [0.2, 0.25) is 0 Å². The maximum atomic E-state index is 8.52. The van der Waals surface area contributed by atoms with E-state index in [0.717, 1.165) is 0 Å². The summed E-state index contributed by atoms with van der Waals surface area (Å²) < 4.78 is 34.1. The van der Waals surface area contributed by atoms with Gasteiger partial charge in [-0.3, -0.25) is 8.42 Å². The van der Waals surface area contributed by atoms with E-state index in [2.05, 4.69) is 0 Å². The molecule has 0 spiro atoms. The van der Waals surface area contributed by atoms with Crippen LogP contribution in [0.3, 0.4) is 0 Å². The molecule has 0 aliphatic rings. The van der Waals surface area contributed by atoms with Crippen molar-refractivity contribution in [3.63, 3.8) is 0 Å². The fourth-order valence-electron chi connectivity index (χ4n) is 0. The molecule has 0 fully saturated rings. The molecule has 7 heteroatoms. The summed E-state index contributed by atoms with van der Waals surface area (Å²) in [5.74, 6) is 0. The molecule has 0 saturated heterocycles. The number of hydrogen-bond donors (Lipinski definition) is 0. The second-order valence-electron chi connectivity index (χ2n) is 0.408. The predicted octanol–water partition coefficient (Wildman–Crippen LogP) is -4.34. The van der Waals surface area contributed by atoms with E-state index in [4.69, 9.17) is 17.5 Å². The predicted molar refractivity (Wildman–Crippen MR) is 10.5 cm³/mol. The first-order valence-corrected chi connectivity index (χ1v) is 2.00. The maximum absolute atomic E-state index is 8.52. The van der Waals surface area contributed by atoms with Crippen LogP contribution in [0.4, 0.5) is 0 Å². The Bertz CT molecular complexity index is 94.9. The molecule has 0 amide bonds. The normalized spacial score (nSPS) is 8.29. The van der Waals surface area contributed by atoms with Crippen LogP contribution in [0.5, 0.6) is 0 Å². The largest absolute Gasteiger partial charge is 1.00 e. The van der Waals surface area contributed by atoms with Crippen molar-refractivity contribution in [2.24, 2.45) is 0 Å². The van der Waals surface area contributed by atoms with Crippen molar-refractivity contribution in [3.8, 4) is 0 Å². The Hall–Kier alpha value is 2.44. The Kier molecular flexibility index (Phi) is 15.2. The van der Waals surface area contributed by atoms with Crippen LogP contribution in [-0.2, 0) is 38.1 Å². The first kappa shape index (κ1) is 16.2. The van der Waals surface area contributed by atoms with Crippen molar-refractivity contribution in [2.45, 2.75) is 0 Å². The molecule has 0 atom stereocenters. The van der Waals surface area contributed by atoms with Crippen LogP contribution in [0, 0.1) is 0 Å². The zero-order chi connectivity index (χ0) is 4.50. The molecule has 0 rings (SSSR count). The van der Waals surface area contributed by atoms with Gasteiger partial charge in [0.1, 0.15) is 0 Å². The number of hydrogen-bond acceptors (Lipinski definition) is 4. The van der Waals surface area contributed by atoms with Crippen molar-refractivity contribution in [1.82, 2.24) is 0 Å². The van der Waals surface area contributed by atoms with Gasteiger partial charge in [-0.05, 0) is 0 Å². The minimum atomic E-state index is -5.17. The molecule has 1 radical (unpaired) electrons. The van der Waals surface area contributed by atoms with Crippen LogP contribution in [0.2, 0.25) is 0 Å². The molecule has 0 aliphatic carbocycles. The molecule has 4 nitrogen and oxygen atoms in total. The quantitative estimate of drug-likeness (QED) is 0.255. The number of rotatable bonds is 0. The molecule has 0 heterocycles. The second kappa shape index (κ2) is 6.56. The molecule has 0 unspecified atom stereocenters. The Labute approximate surface area is 105 Å². The van der Waals surface area contributed by atoms with Crippen molar-refractivity contribution in [1.29, 1.82) is 0 Å². The van der Waals surface area contributed by atoms with E-state index in [9.17, 15) is 0 Å². The van der Waals surface area contributed by atoms with E-state index in [1.807, 2.05) is 0 Å². The van der Waals surface area contributed by atoms with E-state index >= 15 is 0 Å². The van der Waals surface area contributed by atoms with Crippen LogP contribution >= 0.6 is 0 Å².